The molecule has 1 aliphatic carbocycles. The Kier molecular flexibility index (Phi) is 5.32. The molecule has 0 bridgehead atoms. The largest absolute Gasteiger partial charge is 0.352 e. The van der Waals surface area contributed by atoms with Crippen LogP contribution in [0.15, 0.2) is 12.4 Å². The van der Waals surface area contributed by atoms with Gasteiger partial charge in [-0.1, -0.05) is 13.3 Å². The zero-order valence-corrected chi connectivity index (χ0v) is 12.3. The van der Waals surface area contributed by atoms with Gasteiger partial charge >= 0.3 is 0 Å². The fourth-order valence-corrected chi connectivity index (χ4v) is 2.09. The number of anilines is 1. The molecule has 1 atom stereocenters. The number of carbonyl (C=O) groups excluding carboxylic acids is 2. The molecule has 2 amide bonds. The molecule has 4 N–H and O–H groups in total. The van der Waals surface area contributed by atoms with Crippen LogP contribution in [0, 0.1) is 0 Å². The number of carbonyl (C=O) groups is 2. The van der Waals surface area contributed by atoms with Crippen LogP contribution < -0.4 is 16.4 Å². The third kappa shape index (κ3) is 5.55. The molecule has 0 saturated heterocycles. The summed E-state index contributed by atoms with van der Waals surface area (Å²) < 4.78 is 1.51. The van der Waals surface area contributed by atoms with Gasteiger partial charge in [-0.3, -0.25) is 14.3 Å². The normalized spacial score (nSPS) is 15.5. The van der Waals surface area contributed by atoms with Crippen molar-refractivity contribution in [1.82, 2.24) is 15.1 Å². The molecular formula is C14H23N5O2. The summed E-state index contributed by atoms with van der Waals surface area (Å²) in [6, 6.07) is 0.224. The highest BCUT2D eigenvalue weighted by atomic mass is 16.2. The van der Waals surface area contributed by atoms with Gasteiger partial charge in [-0.15, -0.1) is 0 Å². The predicted octanol–water partition coefficient (Wildman–Crippen LogP) is 0.618. The smallest absolute Gasteiger partial charge is 0.241 e. The van der Waals surface area contributed by atoms with E-state index in [4.69, 9.17) is 5.73 Å². The van der Waals surface area contributed by atoms with Crippen molar-refractivity contribution in [2.45, 2.75) is 57.7 Å². The zero-order valence-electron chi connectivity index (χ0n) is 12.3. The maximum Gasteiger partial charge on any atom is 0.241 e. The molecule has 1 unspecified atom stereocenters. The molecule has 0 aromatic carbocycles. The van der Waals surface area contributed by atoms with E-state index in [1.807, 2.05) is 6.92 Å². The number of nitrogens with two attached hydrogens (primary N) is 1. The number of aromatic nitrogens is 2. The van der Waals surface area contributed by atoms with Gasteiger partial charge in [0.15, 0.2) is 0 Å². The van der Waals surface area contributed by atoms with Crippen LogP contribution in [0.2, 0.25) is 0 Å². The molecule has 2 rings (SSSR count). The number of hydrogen-bond donors (Lipinski definition) is 3. The second-order valence-electron chi connectivity index (χ2n) is 5.57. The number of nitrogens with zero attached hydrogens (tertiary/aromatic N) is 2. The fraction of sp³-hybridized carbons (Fsp3) is 0.643. The topological polar surface area (TPSA) is 102 Å². The van der Waals surface area contributed by atoms with E-state index < -0.39 is 0 Å². The minimum absolute atomic E-state index is 0.0524. The summed E-state index contributed by atoms with van der Waals surface area (Å²) in [7, 11) is 0. The number of amides is 2. The monoisotopic (exact) mass is 293 g/mol. The van der Waals surface area contributed by atoms with Gasteiger partial charge in [0.1, 0.15) is 6.54 Å². The summed E-state index contributed by atoms with van der Waals surface area (Å²) in [6.45, 7) is 2.20. The fourth-order valence-electron chi connectivity index (χ4n) is 2.09. The van der Waals surface area contributed by atoms with Crippen molar-refractivity contribution < 1.29 is 9.59 Å². The zero-order chi connectivity index (χ0) is 15.2. The van der Waals surface area contributed by atoms with E-state index in [2.05, 4.69) is 15.7 Å². The standard InChI is InChI=1S/C14H23N5O2/c1-2-3-10(15)6-13(20)18-12-7-16-19(8-12)9-14(21)17-11-4-5-11/h7-8,10-11H,2-6,9,15H2,1H3,(H,17,21)(H,18,20). The quantitative estimate of drug-likeness (QED) is 0.653. The average molecular weight is 293 g/mol. The van der Waals surface area contributed by atoms with Gasteiger partial charge in [0.2, 0.25) is 11.8 Å². The van der Waals surface area contributed by atoms with Crippen LogP contribution in [-0.4, -0.2) is 33.7 Å². The number of hydrogen-bond acceptors (Lipinski definition) is 4. The molecule has 0 radical (unpaired) electrons. The Bertz CT molecular complexity index is 495. The van der Waals surface area contributed by atoms with Crippen molar-refractivity contribution in [2.75, 3.05) is 5.32 Å². The van der Waals surface area contributed by atoms with Gasteiger partial charge in [-0.2, -0.15) is 5.10 Å². The first-order chi connectivity index (χ1) is 10.1. The summed E-state index contributed by atoms with van der Waals surface area (Å²) in [5, 5.41) is 9.70. The van der Waals surface area contributed by atoms with E-state index in [1.54, 1.807) is 6.20 Å². The first-order valence-electron chi connectivity index (χ1n) is 7.44. The summed E-state index contributed by atoms with van der Waals surface area (Å²) in [5.74, 6) is -0.179. The van der Waals surface area contributed by atoms with E-state index in [1.165, 1.54) is 10.9 Å². The molecule has 1 aliphatic rings. The molecule has 1 heterocycles. The lowest BCUT2D eigenvalue weighted by Gasteiger charge is -2.09. The lowest BCUT2D eigenvalue weighted by molar-refractivity contribution is -0.122. The number of nitrogens with one attached hydrogen (secondary N) is 2. The van der Waals surface area contributed by atoms with E-state index in [0.29, 0.717) is 18.2 Å². The Morgan fingerprint density at radius 1 is 1.48 bits per heavy atom. The van der Waals surface area contributed by atoms with Crippen LogP contribution in [-0.2, 0) is 16.1 Å². The molecule has 1 aromatic rings. The highest BCUT2D eigenvalue weighted by Crippen LogP contribution is 2.18. The van der Waals surface area contributed by atoms with Gasteiger partial charge in [0.25, 0.3) is 0 Å². The minimum atomic E-state index is -0.127. The second kappa shape index (κ2) is 7.21. The summed E-state index contributed by atoms with van der Waals surface area (Å²) in [6.07, 6.45) is 7.38. The van der Waals surface area contributed by atoms with E-state index in [-0.39, 0.29) is 24.4 Å². The second-order valence-corrected chi connectivity index (χ2v) is 5.57. The van der Waals surface area contributed by atoms with Crippen LogP contribution in [0.25, 0.3) is 0 Å². The Morgan fingerprint density at radius 2 is 2.24 bits per heavy atom. The molecule has 7 heteroatoms. The van der Waals surface area contributed by atoms with Crippen LogP contribution in [0.1, 0.15) is 39.0 Å². The van der Waals surface area contributed by atoms with Crippen molar-refractivity contribution in [2.24, 2.45) is 5.73 Å². The molecule has 0 spiro atoms. The SMILES string of the molecule is CCCC(N)CC(=O)Nc1cnn(CC(=O)NC2CC2)c1. The van der Waals surface area contributed by atoms with E-state index >= 15 is 0 Å². The molecule has 116 valence electrons. The van der Waals surface area contributed by atoms with E-state index in [0.717, 1.165) is 25.7 Å². The summed E-state index contributed by atoms with van der Waals surface area (Å²) >= 11 is 0. The maximum atomic E-state index is 11.8. The lowest BCUT2D eigenvalue weighted by Crippen LogP contribution is -2.29. The van der Waals surface area contributed by atoms with Gasteiger partial charge in [0, 0.05) is 24.7 Å². The molecule has 1 saturated carbocycles. The molecule has 7 nitrogen and oxygen atoms in total. The van der Waals surface area contributed by atoms with Crippen molar-refractivity contribution in [3.05, 3.63) is 12.4 Å². The predicted molar refractivity (Wildman–Crippen MR) is 79.5 cm³/mol. The highest BCUT2D eigenvalue weighted by Gasteiger charge is 2.23. The van der Waals surface area contributed by atoms with Crippen molar-refractivity contribution in [1.29, 1.82) is 0 Å². The maximum absolute atomic E-state index is 11.8. The summed E-state index contributed by atoms with van der Waals surface area (Å²) in [5.41, 5.74) is 6.41. The van der Waals surface area contributed by atoms with Crippen LogP contribution in [0.3, 0.4) is 0 Å². The van der Waals surface area contributed by atoms with Crippen molar-refractivity contribution in [3.63, 3.8) is 0 Å². The van der Waals surface area contributed by atoms with Crippen LogP contribution >= 0.6 is 0 Å². The van der Waals surface area contributed by atoms with Gasteiger partial charge in [-0.25, -0.2) is 0 Å². The van der Waals surface area contributed by atoms with Crippen LogP contribution in [0.5, 0.6) is 0 Å². The number of rotatable bonds is 8. The molecular weight excluding hydrogens is 270 g/mol. The lowest BCUT2D eigenvalue weighted by atomic mass is 10.1. The average Bonchev–Trinajstić information content (AvgIpc) is 3.09. The molecule has 0 aliphatic heterocycles. The first kappa shape index (κ1) is 15.5. The van der Waals surface area contributed by atoms with E-state index in [9.17, 15) is 9.59 Å². The highest BCUT2D eigenvalue weighted by molar-refractivity contribution is 5.90. The van der Waals surface area contributed by atoms with Crippen molar-refractivity contribution in [3.8, 4) is 0 Å². The van der Waals surface area contributed by atoms with Crippen LogP contribution in [0.4, 0.5) is 5.69 Å². The Labute approximate surface area is 124 Å². The molecule has 1 aromatic heterocycles. The first-order valence-corrected chi connectivity index (χ1v) is 7.44. The Balaban J connectivity index is 1.76. The Hall–Kier alpha value is -1.89. The third-order valence-corrected chi connectivity index (χ3v) is 3.27. The molecule has 1 fully saturated rings. The summed E-state index contributed by atoms with van der Waals surface area (Å²) in [4.78, 5) is 23.4. The van der Waals surface area contributed by atoms with Crippen molar-refractivity contribution >= 4 is 17.5 Å². The van der Waals surface area contributed by atoms with Gasteiger partial charge in [0.05, 0.1) is 11.9 Å². The van der Waals surface area contributed by atoms with Gasteiger partial charge < -0.3 is 16.4 Å². The molecule has 21 heavy (non-hydrogen) atoms. The minimum Gasteiger partial charge on any atom is -0.352 e. The van der Waals surface area contributed by atoms with Gasteiger partial charge in [-0.05, 0) is 19.3 Å². The Morgan fingerprint density at radius 3 is 2.90 bits per heavy atom. The third-order valence-electron chi connectivity index (χ3n) is 3.27.